The summed E-state index contributed by atoms with van der Waals surface area (Å²) in [5.74, 6) is 3.42. The number of allylic oxidation sites excluding steroid dienone is 2. The molecular formula is C14H15O3P. The van der Waals surface area contributed by atoms with Crippen LogP contribution in [-0.4, -0.2) is 11.2 Å². The van der Waals surface area contributed by atoms with Gasteiger partial charge in [-0.25, -0.2) is 0 Å². The molecule has 0 spiro atoms. The van der Waals surface area contributed by atoms with Crippen molar-refractivity contribution < 1.29 is 14.4 Å². The van der Waals surface area contributed by atoms with Gasteiger partial charge in [0.1, 0.15) is 0 Å². The molecule has 4 rings (SSSR count). The predicted molar refractivity (Wildman–Crippen MR) is 70.5 cm³/mol. The van der Waals surface area contributed by atoms with E-state index < -0.39 is 0 Å². The second kappa shape index (κ2) is 3.97. The molecule has 4 heteroatoms. The van der Waals surface area contributed by atoms with E-state index in [-0.39, 0.29) is 15.1 Å². The monoisotopic (exact) mass is 262 g/mol. The van der Waals surface area contributed by atoms with Gasteiger partial charge in [-0.15, -0.1) is 0 Å². The van der Waals surface area contributed by atoms with Crippen LogP contribution in [0.3, 0.4) is 0 Å². The van der Waals surface area contributed by atoms with Gasteiger partial charge in [0, 0.05) is 20.0 Å². The van der Waals surface area contributed by atoms with E-state index >= 15 is 0 Å². The average Bonchev–Trinajstić information content (AvgIpc) is 3.11. The zero-order chi connectivity index (χ0) is 12.1. The normalized spacial score (nSPS) is 36.1. The molecule has 3 nitrogen and oxygen atoms in total. The van der Waals surface area contributed by atoms with Crippen LogP contribution in [0.1, 0.15) is 12.8 Å². The highest BCUT2D eigenvalue weighted by Gasteiger charge is 2.44. The second-order valence-electron chi connectivity index (χ2n) is 5.32. The Hall–Kier alpha value is -1.05. The minimum Gasteiger partial charge on any atom is -0.451 e. The summed E-state index contributed by atoms with van der Waals surface area (Å²) < 4.78 is 11.8. The molecule has 5 unspecified atom stereocenters. The van der Waals surface area contributed by atoms with Crippen molar-refractivity contribution in [3.8, 4) is 11.5 Å². The van der Waals surface area contributed by atoms with Crippen molar-refractivity contribution in [2.75, 3.05) is 0 Å². The quantitative estimate of drug-likeness (QED) is 0.656. The molecule has 1 aromatic carbocycles. The molecule has 0 amide bonds. The Morgan fingerprint density at radius 3 is 2.72 bits per heavy atom. The van der Waals surface area contributed by atoms with Crippen LogP contribution in [0, 0.1) is 17.8 Å². The smallest absolute Gasteiger partial charge is 0.244 e. The van der Waals surface area contributed by atoms with Crippen LogP contribution in [0.4, 0.5) is 0 Å². The van der Waals surface area contributed by atoms with Gasteiger partial charge >= 0.3 is 0 Å². The van der Waals surface area contributed by atoms with E-state index in [0.29, 0.717) is 11.8 Å². The van der Waals surface area contributed by atoms with E-state index in [1.807, 2.05) is 18.2 Å². The van der Waals surface area contributed by atoms with Crippen molar-refractivity contribution in [3.63, 3.8) is 0 Å². The van der Waals surface area contributed by atoms with E-state index in [2.05, 4.69) is 12.2 Å². The van der Waals surface area contributed by atoms with Crippen LogP contribution in [0.2, 0.25) is 0 Å². The third kappa shape index (κ3) is 1.58. The Bertz CT molecular complexity index is 514. The maximum absolute atomic E-state index is 9.15. The van der Waals surface area contributed by atoms with E-state index in [0.717, 1.165) is 22.7 Å². The number of hydrogen-bond donors (Lipinski definition) is 1. The largest absolute Gasteiger partial charge is 0.451 e. The van der Waals surface area contributed by atoms with Crippen molar-refractivity contribution in [3.05, 3.63) is 30.4 Å². The first kappa shape index (κ1) is 10.8. The lowest BCUT2D eigenvalue weighted by Gasteiger charge is -2.23. The summed E-state index contributed by atoms with van der Waals surface area (Å²) in [6.45, 7) is 0. The second-order valence-corrected chi connectivity index (χ2v) is 6.12. The van der Waals surface area contributed by atoms with E-state index in [4.69, 9.17) is 14.4 Å². The van der Waals surface area contributed by atoms with Gasteiger partial charge in [-0.05, 0) is 42.9 Å². The number of rotatable bonds is 2. The highest BCUT2D eigenvalue weighted by atomic mass is 31.1. The number of benzene rings is 1. The molecule has 2 bridgehead atoms. The summed E-state index contributed by atoms with van der Waals surface area (Å²) >= 11 is 0. The highest BCUT2D eigenvalue weighted by Crippen LogP contribution is 2.48. The SMILES string of the molecule is OPc1ccc2c(c1)OC(C1CC3C=CC1C3)O2. The molecule has 1 N–H and O–H groups in total. The first-order chi connectivity index (χ1) is 8.83. The fourth-order valence-electron chi connectivity index (χ4n) is 3.35. The first-order valence-electron chi connectivity index (χ1n) is 6.39. The zero-order valence-electron chi connectivity index (χ0n) is 9.87. The first-order valence-corrected chi connectivity index (χ1v) is 7.34. The van der Waals surface area contributed by atoms with Gasteiger partial charge in [-0.1, -0.05) is 12.2 Å². The van der Waals surface area contributed by atoms with Gasteiger partial charge in [-0.2, -0.15) is 0 Å². The minimum atomic E-state index is -0.191. The maximum atomic E-state index is 9.15. The summed E-state index contributed by atoms with van der Waals surface area (Å²) in [4.78, 5) is 9.15. The highest BCUT2D eigenvalue weighted by molar-refractivity contribution is 7.40. The standard InChI is InChI=1S/C14H15O3P/c15-18-10-3-4-12-13(7-10)17-14(16-12)11-6-8-1-2-9(11)5-8/h1-4,7-9,11,14-15,18H,5-6H2. The number of ether oxygens (including phenoxy) is 2. The van der Waals surface area contributed by atoms with Gasteiger partial charge in [-0.3, -0.25) is 0 Å². The third-order valence-electron chi connectivity index (χ3n) is 4.24. The van der Waals surface area contributed by atoms with Crippen LogP contribution in [0.5, 0.6) is 11.5 Å². The average molecular weight is 262 g/mol. The lowest BCUT2D eigenvalue weighted by Crippen LogP contribution is -2.31. The Labute approximate surface area is 108 Å². The molecule has 1 heterocycles. The molecule has 2 aliphatic carbocycles. The van der Waals surface area contributed by atoms with Crippen molar-refractivity contribution in [2.24, 2.45) is 17.8 Å². The molecule has 1 fully saturated rings. The van der Waals surface area contributed by atoms with Gasteiger partial charge in [0.05, 0.1) is 0 Å². The minimum absolute atomic E-state index is 0.141. The summed E-state index contributed by atoms with van der Waals surface area (Å²) in [6.07, 6.45) is 6.93. The molecule has 94 valence electrons. The van der Waals surface area contributed by atoms with Crippen molar-refractivity contribution in [2.45, 2.75) is 19.1 Å². The van der Waals surface area contributed by atoms with Gasteiger partial charge < -0.3 is 14.4 Å². The fraction of sp³-hybridized carbons (Fsp3) is 0.429. The Balaban J connectivity index is 1.56. The third-order valence-corrected chi connectivity index (χ3v) is 4.81. The summed E-state index contributed by atoms with van der Waals surface area (Å²) in [5, 5.41) is 0.894. The fourth-order valence-corrected chi connectivity index (χ4v) is 3.71. The van der Waals surface area contributed by atoms with Crippen molar-refractivity contribution >= 4 is 14.1 Å². The van der Waals surface area contributed by atoms with Crippen LogP contribution >= 0.6 is 8.81 Å². The van der Waals surface area contributed by atoms with E-state index in [9.17, 15) is 0 Å². The molecule has 0 saturated heterocycles. The summed E-state index contributed by atoms with van der Waals surface area (Å²) in [5.41, 5.74) is 0. The molecule has 1 aromatic rings. The van der Waals surface area contributed by atoms with E-state index in [1.54, 1.807) is 0 Å². The molecule has 18 heavy (non-hydrogen) atoms. The lowest BCUT2D eigenvalue weighted by molar-refractivity contribution is -0.0134. The maximum Gasteiger partial charge on any atom is 0.244 e. The molecule has 3 aliphatic rings. The summed E-state index contributed by atoms with van der Waals surface area (Å²) in [6, 6.07) is 5.68. The topological polar surface area (TPSA) is 38.7 Å². The molecule has 0 aromatic heterocycles. The molecular weight excluding hydrogens is 247 g/mol. The van der Waals surface area contributed by atoms with Crippen molar-refractivity contribution in [1.29, 1.82) is 0 Å². The molecule has 0 radical (unpaired) electrons. The Morgan fingerprint density at radius 1 is 1.11 bits per heavy atom. The number of hydrogen-bond acceptors (Lipinski definition) is 3. The molecule has 1 aliphatic heterocycles. The van der Waals surface area contributed by atoms with Crippen LogP contribution in [-0.2, 0) is 0 Å². The van der Waals surface area contributed by atoms with Gasteiger partial charge in [0.15, 0.2) is 11.5 Å². The Kier molecular flexibility index (Phi) is 2.39. The van der Waals surface area contributed by atoms with Gasteiger partial charge in [0.25, 0.3) is 0 Å². The van der Waals surface area contributed by atoms with Gasteiger partial charge in [0.2, 0.25) is 6.29 Å². The van der Waals surface area contributed by atoms with Crippen LogP contribution < -0.4 is 14.8 Å². The van der Waals surface area contributed by atoms with Crippen LogP contribution in [0.15, 0.2) is 30.4 Å². The van der Waals surface area contributed by atoms with Crippen molar-refractivity contribution in [1.82, 2.24) is 0 Å². The zero-order valence-corrected chi connectivity index (χ0v) is 10.9. The Morgan fingerprint density at radius 2 is 2.00 bits per heavy atom. The summed E-state index contributed by atoms with van der Waals surface area (Å²) in [7, 11) is -0.191. The number of fused-ring (bicyclic) bond motifs is 3. The molecule has 5 atom stereocenters. The lowest BCUT2D eigenvalue weighted by atomic mass is 9.93. The molecule has 1 saturated carbocycles. The predicted octanol–water partition coefficient (Wildman–Crippen LogP) is 2.21. The van der Waals surface area contributed by atoms with E-state index in [1.165, 1.54) is 12.8 Å². The van der Waals surface area contributed by atoms with Crippen LogP contribution in [0.25, 0.3) is 0 Å².